The molecule has 0 saturated carbocycles. The Hall–Kier alpha value is -5.06. The number of methoxy groups -OCH3 is 1. The molecule has 1 amide bonds. The average molecular weight is 590 g/mol. The molecule has 1 aliphatic heterocycles. The number of hydrogen-bond acceptors (Lipinski definition) is 7. The van der Waals surface area contributed by atoms with Gasteiger partial charge in [0.1, 0.15) is 11.5 Å². The zero-order valence-corrected chi connectivity index (χ0v) is 25.0. The predicted molar refractivity (Wildman–Crippen MR) is 166 cm³/mol. The molecule has 0 saturated heterocycles. The lowest BCUT2D eigenvalue weighted by Crippen LogP contribution is -2.19. The lowest BCUT2D eigenvalue weighted by atomic mass is 10.2. The van der Waals surface area contributed by atoms with Gasteiger partial charge in [0, 0.05) is 60.2 Å². The van der Waals surface area contributed by atoms with Gasteiger partial charge in [0.25, 0.3) is 5.56 Å². The molecule has 10 nitrogen and oxygen atoms in total. The molecule has 4 aromatic rings. The van der Waals surface area contributed by atoms with E-state index in [1.165, 1.54) is 21.5 Å². The summed E-state index contributed by atoms with van der Waals surface area (Å²) >= 11 is 0. The molecule has 0 bridgehead atoms. The summed E-state index contributed by atoms with van der Waals surface area (Å²) in [6.45, 7) is 8.28. The van der Waals surface area contributed by atoms with Crippen molar-refractivity contribution in [2.75, 3.05) is 12.4 Å². The normalized spacial score (nSPS) is 12.0. The minimum Gasteiger partial charge on any atom is -0.497 e. The van der Waals surface area contributed by atoms with Crippen molar-refractivity contribution in [1.29, 1.82) is 0 Å². The standard InChI is InChI=1S/C17H13FN2O3.C13H17N3O2.C2H6/c1-22-12-3-4-13-15(9-12)19-7-6-16(13)23-17-5-2-11(20-10-21)8-14(17)18;1-3-7-14-8-4-5-11-10(2)13(18)15-9-6-12(17)16(11)15;1-2/h2-10H,1H3,(H,20,21);4,7-8H,3,5-6,9H2,1-2H3;1-2H3/b;8-4-,14-7?;. The van der Waals surface area contributed by atoms with Crippen LogP contribution in [0.3, 0.4) is 0 Å². The van der Waals surface area contributed by atoms with Crippen molar-refractivity contribution in [3.8, 4) is 17.2 Å². The van der Waals surface area contributed by atoms with Crippen LogP contribution in [0.15, 0.2) is 70.7 Å². The van der Waals surface area contributed by atoms with E-state index in [4.69, 9.17) is 9.47 Å². The number of ether oxygens (including phenoxy) is 2. The number of halogens is 1. The maximum absolute atomic E-state index is 14.1. The number of anilines is 1. The van der Waals surface area contributed by atoms with E-state index in [2.05, 4.69) is 15.3 Å². The van der Waals surface area contributed by atoms with Crippen LogP contribution in [0.1, 0.15) is 49.7 Å². The molecule has 11 heteroatoms. The quantitative estimate of drug-likeness (QED) is 0.181. The summed E-state index contributed by atoms with van der Waals surface area (Å²) in [5.74, 6) is 0.644. The molecule has 0 unspecified atom stereocenters. The molecule has 0 fully saturated rings. The molecule has 0 radical (unpaired) electrons. The Bertz CT molecular complexity index is 1690. The van der Waals surface area contributed by atoms with Crippen LogP contribution >= 0.6 is 0 Å². The van der Waals surface area contributed by atoms with Crippen molar-refractivity contribution in [2.45, 2.75) is 53.5 Å². The summed E-state index contributed by atoms with van der Waals surface area (Å²) in [7, 11) is 1.58. The number of nitrogens with one attached hydrogen (secondary N) is 1. The van der Waals surface area contributed by atoms with Gasteiger partial charge in [-0.25, -0.2) is 13.8 Å². The number of benzene rings is 2. The van der Waals surface area contributed by atoms with Crippen LogP contribution < -0.4 is 20.3 Å². The molecule has 0 aliphatic carbocycles. The van der Waals surface area contributed by atoms with E-state index in [9.17, 15) is 18.8 Å². The zero-order chi connectivity index (χ0) is 31.4. The summed E-state index contributed by atoms with van der Waals surface area (Å²) in [6, 6.07) is 11.2. The highest BCUT2D eigenvalue weighted by atomic mass is 19.1. The second kappa shape index (κ2) is 15.8. The number of allylic oxidation sites excluding steroid dienone is 1. The Kier molecular flexibility index (Phi) is 11.9. The SMILES string of the molecule is CC.CCC=N/C=C\Cc1c(C)c(=O)n2n1C(=O)CC2.COc1ccc2c(Oc3ccc(NC=O)cc3F)ccnc2c1. The molecule has 226 valence electrons. The molecule has 5 rings (SSSR count). The maximum atomic E-state index is 14.1. The third-order valence-corrected chi connectivity index (χ3v) is 6.34. The zero-order valence-electron chi connectivity index (χ0n) is 25.0. The molecule has 3 heterocycles. The summed E-state index contributed by atoms with van der Waals surface area (Å²) in [5, 5.41) is 3.12. The number of amides is 1. The van der Waals surface area contributed by atoms with Crippen LogP contribution in [0.4, 0.5) is 10.1 Å². The van der Waals surface area contributed by atoms with E-state index in [0.29, 0.717) is 54.1 Å². The van der Waals surface area contributed by atoms with E-state index in [-0.39, 0.29) is 17.2 Å². The molecule has 1 aliphatic rings. The number of nitrogens with zero attached hydrogens (tertiary/aromatic N) is 4. The van der Waals surface area contributed by atoms with Crippen LogP contribution in [0.2, 0.25) is 0 Å². The number of rotatable bonds is 9. The number of hydrogen-bond donors (Lipinski definition) is 1. The van der Waals surface area contributed by atoms with Crippen LogP contribution in [-0.2, 0) is 17.8 Å². The first-order chi connectivity index (χ1) is 20.9. The van der Waals surface area contributed by atoms with Crippen LogP contribution in [0.25, 0.3) is 10.9 Å². The molecule has 0 spiro atoms. The Balaban J connectivity index is 0.000000229. The average Bonchev–Trinajstić information content (AvgIpc) is 3.52. The Morgan fingerprint density at radius 1 is 1.12 bits per heavy atom. The number of aliphatic imine (C=N–C) groups is 1. The highest BCUT2D eigenvalue weighted by Gasteiger charge is 2.25. The lowest BCUT2D eigenvalue weighted by molar-refractivity contribution is -0.105. The lowest BCUT2D eigenvalue weighted by Gasteiger charge is -2.11. The van der Waals surface area contributed by atoms with Crippen LogP contribution in [-0.4, -0.2) is 40.0 Å². The summed E-state index contributed by atoms with van der Waals surface area (Å²) in [4.78, 5) is 42.3. The Morgan fingerprint density at radius 2 is 1.91 bits per heavy atom. The van der Waals surface area contributed by atoms with Crippen LogP contribution in [0.5, 0.6) is 17.2 Å². The van der Waals surface area contributed by atoms with Crippen molar-refractivity contribution < 1.29 is 23.5 Å². The largest absolute Gasteiger partial charge is 0.497 e. The molecule has 2 aromatic carbocycles. The van der Waals surface area contributed by atoms with Gasteiger partial charge in [-0.3, -0.25) is 24.4 Å². The number of fused-ring (bicyclic) bond motifs is 2. The number of carbonyl (C=O) groups excluding carboxylic acids is 2. The molecular weight excluding hydrogens is 553 g/mol. The summed E-state index contributed by atoms with van der Waals surface area (Å²) in [6.07, 6.45) is 9.32. The molecule has 1 N–H and O–H groups in total. The highest BCUT2D eigenvalue weighted by molar-refractivity contribution is 5.86. The van der Waals surface area contributed by atoms with E-state index >= 15 is 0 Å². The van der Waals surface area contributed by atoms with E-state index in [0.717, 1.165) is 17.5 Å². The van der Waals surface area contributed by atoms with Gasteiger partial charge in [-0.15, -0.1) is 0 Å². The molecule has 0 atom stereocenters. The second-order valence-electron chi connectivity index (χ2n) is 8.99. The first kappa shape index (κ1) is 32.5. The smallest absolute Gasteiger partial charge is 0.270 e. The minimum atomic E-state index is -0.574. The minimum absolute atomic E-state index is 0.000611. The summed E-state index contributed by atoms with van der Waals surface area (Å²) < 4.78 is 27.9. The van der Waals surface area contributed by atoms with Crippen LogP contribution in [0, 0.1) is 12.7 Å². The van der Waals surface area contributed by atoms with Crippen molar-refractivity contribution in [2.24, 2.45) is 4.99 Å². The summed E-state index contributed by atoms with van der Waals surface area (Å²) in [5.41, 5.74) is 2.43. The van der Waals surface area contributed by atoms with Crippen molar-refractivity contribution in [3.05, 3.63) is 88.4 Å². The van der Waals surface area contributed by atoms with Gasteiger partial charge in [0.15, 0.2) is 11.6 Å². The fraction of sp³-hybridized carbons (Fsp3) is 0.281. The van der Waals surface area contributed by atoms with Gasteiger partial charge in [0.2, 0.25) is 12.3 Å². The third-order valence-electron chi connectivity index (χ3n) is 6.34. The number of pyridine rings is 1. The second-order valence-corrected chi connectivity index (χ2v) is 8.99. The molecule has 2 aromatic heterocycles. The third kappa shape index (κ3) is 7.82. The Labute approximate surface area is 249 Å². The van der Waals surface area contributed by atoms with Gasteiger partial charge in [-0.05, 0) is 43.7 Å². The van der Waals surface area contributed by atoms with E-state index < -0.39 is 5.82 Å². The fourth-order valence-corrected chi connectivity index (χ4v) is 4.32. The highest BCUT2D eigenvalue weighted by Crippen LogP contribution is 2.32. The van der Waals surface area contributed by atoms with Crippen molar-refractivity contribution in [3.63, 3.8) is 0 Å². The predicted octanol–water partition coefficient (Wildman–Crippen LogP) is 6.31. The topological polar surface area (TPSA) is 117 Å². The number of carbonyl (C=O) groups is 2. The number of aromatic nitrogens is 3. The van der Waals surface area contributed by atoms with Crippen molar-refractivity contribution in [1.82, 2.24) is 14.3 Å². The van der Waals surface area contributed by atoms with Gasteiger partial charge in [-0.1, -0.05) is 26.8 Å². The molecular formula is C32H36FN5O5. The first-order valence-corrected chi connectivity index (χ1v) is 14.0. The van der Waals surface area contributed by atoms with Gasteiger partial charge in [0.05, 0.1) is 24.9 Å². The molecule has 43 heavy (non-hydrogen) atoms. The monoisotopic (exact) mass is 589 g/mol. The van der Waals surface area contributed by atoms with Crippen molar-refractivity contribution >= 4 is 35.1 Å². The first-order valence-electron chi connectivity index (χ1n) is 14.0. The maximum Gasteiger partial charge on any atom is 0.270 e. The van der Waals surface area contributed by atoms with E-state index in [1.54, 1.807) is 56.8 Å². The Morgan fingerprint density at radius 3 is 2.60 bits per heavy atom. The van der Waals surface area contributed by atoms with E-state index in [1.807, 2.05) is 33.1 Å². The van der Waals surface area contributed by atoms with Gasteiger partial charge < -0.3 is 14.8 Å². The fourth-order valence-electron chi connectivity index (χ4n) is 4.32. The van der Waals surface area contributed by atoms with Gasteiger partial charge in [-0.2, -0.15) is 0 Å². The van der Waals surface area contributed by atoms with Gasteiger partial charge >= 0.3 is 0 Å².